The number of thiocarbonyl (C=S) groups is 1. The van der Waals surface area contributed by atoms with Crippen LogP contribution >= 0.6 is 12.2 Å². The summed E-state index contributed by atoms with van der Waals surface area (Å²) in [4.78, 5) is 0. The van der Waals surface area contributed by atoms with Crippen molar-refractivity contribution in [3.8, 4) is 0 Å². The molecule has 0 heterocycles. The van der Waals surface area contributed by atoms with Gasteiger partial charge < -0.3 is 10.6 Å². The van der Waals surface area contributed by atoms with E-state index < -0.39 is 0 Å². The SMILES string of the molecule is CNC(=S)N[C@H]1CCC[C@@H](C)[C@H]1C. The van der Waals surface area contributed by atoms with E-state index >= 15 is 0 Å². The summed E-state index contributed by atoms with van der Waals surface area (Å²) in [6, 6.07) is 0.573. The minimum atomic E-state index is 0.573. The van der Waals surface area contributed by atoms with E-state index in [2.05, 4.69) is 24.5 Å². The molecule has 0 aromatic heterocycles. The van der Waals surface area contributed by atoms with Gasteiger partial charge in [0.15, 0.2) is 5.11 Å². The summed E-state index contributed by atoms with van der Waals surface area (Å²) in [6.07, 6.45) is 3.95. The first-order valence-electron chi connectivity index (χ1n) is 5.13. The van der Waals surface area contributed by atoms with E-state index in [1.807, 2.05) is 7.05 Å². The Morgan fingerprint density at radius 2 is 2.00 bits per heavy atom. The second-order valence-corrected chi connectivity index (χ2v) is 4.51. The minimum absolute atomic E-state index is 0.573. The summed E-state index contributed by atoms with van der Waals surface area (Å²) in [7, 11) is 1.87. The molecule has 0 bridgehead atoms. The second-order valence-electron chi connectivity index (χ2n) is 4.10. The average molecular weight is 200 g/mol. The van der Waals surface area contributed by atoms with Crippen LogP contribution < -0.4 is 10.6 Å². The molecule has 2 nitrogen and oxygen atoms in total. The highest BCUT2D eigenvalue weighted by molar-refractivity contribution is 7.80. The molecule has 1 aliphatic rings. The third-order valence-electron chi connectivity index (χ3n) is 3.25. The maximum Gasteiger partial charge on any atom is 0.166 e. The van der Waals surface area contributed by atoms with Crippen LogP contribution in [-0.4, -0.2) is 18.2 Å². The van der Waals surface area contributed by atoms with Crippen molar-refractivity contribution in [3.63, 3.8) is 0 Å². The van der Waals surface area contributed by atoms with Crippen molar-refractivity contribution in [3.05, 3.63) is 0 Å². The van der Waals surface area contributed by atoms with Gasteiger partial charge in [-0.3, -0.25) is 0 Å². The summed E-state index contributed by atoms with van der Waals surface area (Å²) in [5.41, 5.74) is 0. The Balaban J connectivity index is 2.43. The molecule has 1 rings (SSSR count). The van der Waals surface area contributed by atoms with E-state index in [1.54, 1.807) is 0 Å². The van der Waals surface area contributed by atoms with E-state index in [0.717, 1.165) is 16.9 Å². The fourth-order valence-corrected chi connectivity index (χ4v) is 2.18. The molecule has 0 unspecified atom stereocenters. The lowest BCUT2D eigenvalue weighted by Gasteiger charge is -2.35. The van der Waals surface area contributed by atoms with Crippen LogP contribution in [0, 0.1) is 11.8 Å². The van der Waals surface area contributed by atoms with Gasteiger partial charge in [0, 0.05) is 13.1 Å². The Labute approximate surface area is 86.5 Å². The van der Waals surface area contributed by atoms with Gasteiger partial charge in [-0.2, -0.15) is 0 Å². The number of nitrogens with one attached hydrogen (secondary N) is 2. The van der Waals surface area contributed by atoms with Crippen molar-refractivity contribution in [2.24, 2.45) is 11.8 Å². The van der Waals surface area contributed by atoms with Crippen LogP contribution in [-0.2, 0) is 0 Å². The van der Waals surface area contributed by atoms with Crippen LogP contribution in [0.25, 0.3) is 0 Å². The van der Waals surface area contributed by atoms with Gasteiger partial charge in [-0.1, -0.05) is 26.7 Å². The smallest absolute Gasteiger partial charge is 0.166 e. The Bertz CT molecular complexity index is 182. The molecule has 0 aromatic carbocycles. The summed E-state index contributed by atoms with van der Waals surface area (Å²) >= 11 is 5.11. The van der Waals surface area contributed by atoms with Gasteiger partial charge in [-0.05, 0) is 30.5 Å². The highest BCUT2D eigenvalue weighted by atomic mass is 32.1. The molecule has 0 amide bonds. The van der Waals surface area contributed by atoms with E-state index in [1.165, 1.54) is 19.3 Å². The number of hydrogen-bond donors (Lipinski definition) is 2. The van der Waals surface area contributed by atoms with Crippen molar-refractivity contribution in [1.29, 1.82) is 0 Å². The van der Waals surface area contributed by atoms with E-state index in [-0.39, 0.29) is 0 Å². The third-order valence-corrected chi connectivity index (χ3v) is 3.57. The summed E-state index contributed by atoms with van der Waals surface area (Å²) in [5, 5.41) is 7.12. The van der Waals surface area contributed by atoms with E-state index in [4.69, 9.17) is 12.2 Å². The van der Waals surface area contributed by atoms with Crippen molar-refractivity contribution in [2.75, 3.05) is 7.05 Å². The van der Waals surface area contributed by atoms with Crippen molar-refractivity contribution in [1.82, 2.24) is 10.6 Å². The van der Waals surface area contributed by atoms with Gasteiger partial charge in [0.2, 0.25) is 0 Å². The molecular formula is C10H20N2S. The first kappa shape index (κ1) is 10.8. The normalized spacial score (nSPS) is 33.9. The van der Waals surface area contributed by atoms with Gasteiger partial charge in [0.25, 0.3) is 0 Å². The van der Waals surface area contributed by atoms with Crippen molar-refractivity contribution >= 4 is 17.3 Å². The zero-order valence-corrected chi connectivity index (χ0v) is 9.58. The van der Waals surface area contributed by atoms with Gasteiger partial charge in [-0.25, -0.2) is 0 Å². The summed E-state index contributed by atoms with van der Waals surface area (Å²) in [6.45, 7) is 4.65. The van der Waals surface area contributed by atoms with Gasteiger partial charge in [0.1, 0.15) is 0 Å². The molecule has 0 aromatic rings. The predicted octanol–water partition coefficient (Wildman–Crippen LogP) is 1.90. The molecule has 0 radical (unpaired) electrons. The predicted molar refractivity (Wildman–Crippen MR) is 60.8 cm³/mol. The first-order chi connectivity index (χ1) is 6.15. The minimum Gasteiger partial charge on any atom is -0.366 e. The van der Waals surface area contributed by atoms with Crippen LogP contribution in [0.15, 0.2) is 0 Å². The van der Waals surface area contributed by atoms with Gasteiger partial charge >= 0.3 is 0 Å². The molecule has 3 atom stereocenters. The Morgan fingerprint density at radius 3 is 2.62 bits per heavy atom. The maximum atomic E-state index is 5.11. The standard InChI is InChI=1S/C10H20N2S/c1-7-5-4-6-9(8(7)2)12-10(13)11-3/h7-9H,4-6H2,1-3H3,(H2,11,12,13)/t7-,8-,9+/m1/s1. The van der Waals surface area contributed by atoms with Crippen LogP contribution in [0.1, 0.15) is 33.1 Å². The van der Waals surface area contributed by atoms with Crippen LogP contribution in [0.5, 0.6) is 0 Å². The van der Waals surface area contributed by atoms with Gasteiger partial charge in [-0.15, -0.1) is 0 Å². The Hall–Kier alpha value is -0.310. The summed E-state index contributed by atoms with van der Waals surface area (Å²) < 4.78 is 0. The molecule has 0 spiro atoms. The van der Waals surface area contributed by atoms with Crippen molar-refractivity contribution in [2.45, 2.75) is 39.2 Å². The Kier molecular flexibility index (Phi) is 3.97. The van der Waals surface area contributed by atoms with Crippen LogP contribution in [0.2, 0.25) is 0 Å². The van der Waals surface area contributed by atoms with E-state index in [9.17, 15) is 0 Å². The number of hydrogen-bond acceptors (Lipinski definition) is 1. The maximum absolute atomic E-state index is 5.11. The molecule has 1 saturated carbocycles. The fraction of sp³-hybridized carbons (Fsp3) is 0.900. The lowest BCUT2D eigenvalue weighted by atomic mass is 9.78. The molecule has 0 saturated heterocycles. The molecule has 1 fully saturated rings. The third kappa shape index (κ3) is 2.83. The largest absolute Gasteiger partial charge is 0.366 e. The highest BCUT2D eigenvalue weighted by Crippen LogP contribution is 2.29. The lowest BCUT2D eigenvalue weighted by molar-refractivity contribution is 0.224. The van der Waals surface area contributed by atoms with Gasteiger partial charge in [0.05, 0.1) is 0 Å². The average Bonchev–Trinajstić information content (AvgIpc) is 2.13. The quantitative estimate of drug-likeness (QED) is 0.632. The second kappa shape index (κ2) is 4.80. The first-order valence-corrected chi connectivity index (χ1v) is 5.54. The summed E-state index contributed by atoms with van der Waals surface area (Å²) in [5.74, 6) is 1.56. The number of rotatable bonds is 1. The topological polar surface area (TPSA) is 24.1 Å². The fourth-order valence-electron chi connectivity index (χ4n) is 2.03. The molecule has 2 N–H and O–H groups in total. The highest BCUT2D eigenvalue weighted by Gasteiger charge is 2.26. The zero-order valence-electron chi connectivity index (χ0n) is 8.76. The van der Waals surface area contributed by atoms with Crippen molar-refractivity contribution < 1.29 is 0 Å². The Morgan fingerprint density at radius 1 is 1.31 bits per heavy atom. The molecular weight excluding hydrogens is 180 g/mol. The molecule has 13 heavy (non-hydrogen) atoms. The molecule has 0 aliphatic heterocycles. The molecule has 76 valence electrons. The molecule has 3 heteroatoms. The van der Waals surface area contributed by atoms with Crippen LogP contribution in [0.3, 0.4) is 0 Å². The van der Waals surface area contributed by atoms with Crippen LogP contribution in [0.4, 0.5) is 0 Å². The monoisotopic (exact) mass is 200 g/mol. The van der Waals surface area contributed by atoms with E-state index in [0.29, 0.717) is 6.04 Å². The zero-order chi connectivity index (χ0) is 9.84. The lowest BCUT2D eigenvalue weighted by Crippen LogP contribution is -2.46. The molecule has 1 aliphatic carbocycles.